The summed E-state index contributed by atoms with van der Waals surface area (Å²) in [5, 5.41) is 9.61. The number of nitrogens with one attached hydrogen (secondary N) is 1. The number of aliphatic hydroxyl groups excluding tert-OH is 1. The highest BCUT2D eigenvalue weighted by Gasteiger charge is 2.33. The molecule has 1 aromatic rings. The second kappa shape index (κ2) is 6.42. The lowest BCUT2D eigenvalue weighted by atomic mass is 9.75. The number of sulfonamides is 1. The number of halogens is 1. The normalized spacial score (nSPS) is 18.6. The highest BCUT2D eigenvalue weighted by atomic mass is 32.2. The van der Waals surface area contributed by atoms with Crippen LogP contribution < -0.4 is 4.72 Å². The summed E-state index contributed by atoms with van der Waals surface area (Å²) in [4.78, 5) is -0.0357. The summed E-state index contributed by atoms with van der Waals surface area (Å²) in [6, 6.07) is 3.72. The van der Waals surface area contributed by atoms with E-state index in [0.29, 0.717) is 5.56 Å². The molecule has 0 heterocycles. The van der Waals surface area contributed by atoms with Crippen LogP contribution in [-0.2, 0) is 10.0 Å². The summed E-state index contributed by atoms with van der Waals surface area (Å²) in [5.41, 5.74) is 0.123. The molecule has 1 aliphatic rings. The van der Waals surface area contributed by atoms with Gasteiger partial charge >= 0.3 is 0 Å². The predicted molar refractivity (Wildman–Crippen MR) is 78.9 cm³/mol. The minimum atomic E-state index is -3.76. The van der Waals surface area contributed by atoms with Gasteiger partial charge in [0, 0.05) is 18.6 Å². The van der Waals surface area contributed by atoms with E-state index in [2.05, 4.69) is 4.72 Å². The van der Waals surface area contributed by atoms with Crippen LogP contribution in [0, 0.1) is 18.2 Å². The van der Waals surface area contributed by atoms with Crippen LogP contribution >= 0.6 is 0 Å². The van der Waals surface area contributed by atoms with Crippen LogP contribution in [-0.4, -0.2) is 26.7 Å². The van der Waals surface area contributed by atoms with E-state index in [9.17, 15) is 17.9 Å². The van der Waals surface area contributed by atoms with Gasteiger partial charge in [-0.15, -0.1) is 0 Å². The van der Waals surface area contributed by atoms with Crippen LogP contribution in [0.1, 0.15) is 37.7 Å². The van der Waals surface area contributed by atoms with Gasteiger partial charge in [0.05, 0.1) is 4.90 Å². The monoisotopic (exact) mass is 315 g/mol. The Labute approximate surface area is 125 Å². The quantitative estimate of drug-likeness (QED) is 0.876. The zero-order valence-electron chi connectivity index (χ0n) is 12.2. The molecule has 6 heteroatoms. The van der Waals surface area contributed by atoms with Gasteiger partial charge in [0.1, 0.15) is 5.82 Å². The Kier molecular flexibility index (Phi) is 5.01. The molecule has 1 saturated carbocycles. The maximum absolute atomic E-state index is 13.3. The van der Waals surface area contributed by atoms with Crippen molar-refractivity contribution >= 4 is 10.0 Å². The summed E-state index contributed by atoms with van der Waals surface area (Å²) in [7, 11) is -3.76. The number of aliphatic hydroxyl groups is 1. The van der Waals surface area contributed by atoms with Crippen LogP contribution in [0.2, 0.25) is 0 Å². The maximum atomic E-state index is 13.3. The first kappa shape index (κ1) is 16.4. The van der Waals surface area contributed by atoms with Gasteiger partial charge in [0.25, 0.3) is 0 Å². The Morgan fingerprint density at radius 2 is 1.95 bits per heavy atom. The molecule has 1 aromatic carbocycles. The van der Waals surface area contributed by atoms with Crippen molar-refractivity contribution in [3.63, 3.8) is 0 Å². The molecule has 1 aliphatic carbocycles. The topological polar surface area (TPSA) is 66.4 Å². The summed E-state index contributed by atoms with van der Waals surface area (Å²) in [6.07, 6.45) is 4.75. The van der Waals surface area contributed by atoms with Gasteiger partial charge in [0.15, 0.2) is 0 Å². The minimum absolute atomic E-state index is 0.0301. The first-order chi connectivity index (χ1) is 9.88. The lowest BCUT2D eigenvalue weighted by molar-refractivity contribution is 0.0867. The van der Waals surface area contributed by atoms with Gasteiger partial charge in [0.2, 0.25) is 10.0 Å². The molecular formula is C15H22FNO3S. The highest BCUT2D eigenvalue weighted by molar-refractivity contribution is 7.89. The van der Waals surface area contributed by atoms with Crippen molar-refractivity contribution < 1.29 is 17.9 Å². The van der Waals surface area contributed by atoms with Gasteiger partial charge < -0.3 is 5.11 Å². The molecule has 0 radical (unpaired) electrons. The van der Waals surface area contributed by atoms with Crippen molar-refractivity contribution in [3.05, 3.63) is 29.6 Å². The van der Waals surface area contributed by atoms with E-state index in [1.54, 1.807) is 6.92 Å². The van der Waals surface area contributed by atoms with Crippen LogP contribution in [0.3, 0.4) is 0 Å². The van der Waals surface area contributed by atoms with Crippen LogP contribution in [0.15, 0.2) is 23.1 Å². The lowest BCUT2D eigenvalue weighted by Gasteiger charge is -2.35. The number of hydrogen-bond donors (Lipinski definition) is 2. The van der Waals surface area contributed by atoms with Crippen molar-refractivity contribution in [2.75, 3.05) is 13.2 Å². The fourth-order valence-corrected chi connectivity index (χ4v) is 4.29. The number of benzene rings is 1. The van der Waals surface area contributed by atoms with E-state index >= 15 is 0 Å². The molecule has 118 valence electrons. The molecule has 0 aliphatic heterocycles. The molecule has 21 heavy (non-hydrogen) atoms. The van der Waals surface area contributed by atoms with E-state index in [1.807, 2.05) is 0 Å². The molecular weight excluding hydrogens is 293 g/mol. The summed E-state index contributed by atoms with van der Waals surface area (Å²) in [6.45, 7) is 1.80. The summed E-state index contributed by atoms with van der Waals surface area (Å²) >= 11 is 0. The first-order valence-electron chi connectivity index (χ1n) is 7.25. The van der Waals surface area contributed by atoms with Crippen molar-refractivity contribution in [1.29, 1.82) is 0 Å². The molecule has 2 N–H and O–H groups in total. The van der Waals surface area contributed by atoms with E-state index in [-0.39, 0.29) is 23.5 Å². The third-order valence-corrected chi connectivity index (χ3v) is 5.87. The molecule has 4 nitrogen and oxygen atoms in total. The standard InChI is InChI=1S/C15H22FNO3S/c1-12-5-6-13(16)9-14(12)21(19,20)17-10-15(11-18)7-3-2-4-8-15/h5-6,9,17-18H,2-4,7-8,10-11H2,1H3. The summed E-state index contributed by atoms with van der Waals surface area (Å²) < 4.78 is 40.5. The molecule has 0 saturated heterocycles. The third kappa shape index (κ3) is 3.81. The highest BCUT2D eigenvalue weighted by Crippen LogP contribution is 2.35. The second-order valence-electron chi connectivity index (χ2n) is 5.95. The Balaban J connectivity index is 2.15. The van der Waals surface area contributed by atoms with E-state index in [4.69, 9.17) is 0 Å². The summed E-state index contributed by atoms with van der Waals surface area (Å²) in [5.74, 6) is -0.574. The molecule has 0 unspecified atom stereocenters. The van der Waals surface area contributed by atoms with E-state index in [0.717, 1.165) is 38.2 Å². The average Bonchev–Trinajstić information content (AvgIpc) is 2.49. The minimum Gasteiger partial charge on any atom is -0.396 e. The van der Waals surface area contributed by atoms with Crippen LogP contribution in [0.4, 0.5) is 4.39 Å². The van der Waals surface area contributed by atoms with Crippen LogP contribution in [0.25, 0.3) is 0 Å². The smallest absolute Gasteiger partial charge is 0.240 e. The van der Waals surface area contributed by atoms with Gasteiger partial charge in [-0.05, 0) is 37.5 Å². The van der Waals surface area contributed by atoms with Crippen LogP contribution in [0.5, 0.6) is 0 Å². The van der Waals surface area contributed by atoms with Gasteiger partial charge in [-0.2, -0.15) is 0 Å². The third-order valence-electron chi connectivity index (χ3n) is 4.33. The van der Waals surface area contributed by atoms with Crippen molar-refractivity contribution in [3.8, 4) is 0 Å². The Bertz CT molecular complexity index is 595. The van der Waals surface area contributed by atoms with Crippen molar-refractivity contribution in [2.24, 2.45) is 5.41 Å². The zero-order chi connectivity index (χ0) is 15.5. The number of aryl methyl sites for hydroxylation is 1. The SMILES string of the molecule is Cc1ccc(F)cc1S(=O)(=O)NCC1(CO)CCCCC1. The lowest BCUT2D eigenvalue weighted by Crippen LogP contribution is -2.41. The van der Waals surface area contributed by atoms with E-state index in [1.165, 1.54) is 12.1 Å². The Morgan fingerprint density at radius 1 is 1.29 bits per heavy atom. The average molecular weight is 315 g/mol. The van der Waals surface area contributed by atoms with Gasteiger partial charge in [-0.25, -0.2) is 17.5 Å². The van der Waals surface area contributed by atoms with Gasteiger partial charge in [-0.1, -0.05) is 25.3 Å². The second-order valence-corrected chi connectivity index (χ2v) is 7.69. The van der Waals surface area contributed by atoms with Gasteiger partial charge in [-0.3, -0.25) is 0 Å². The first-order valence-corrected chi connectivity index (χ1v) is 8.74. The fourth-order valence-electron chi connectivity index (χ4n) is 2.88. The number of rotatable bonds is 5. The van der Waals surface area contributed by atoms with Crippen molar-refractivity contribution in [2.45, 2.75) is 43.9 Å². The fraction of sp³-hybridized carbons (Fsp3) is 0.600. The molecule has 0 spiro atoms. The molecule has 0 amide bonds. The molecule has 0 bridgehead atoms. The van der Waals surface area contributed by atoms with E-state index < -0.39 is 15.8 Å². The largest absolute Gasteiger partial charge is 0.396 e. The number of hydrogen-bond acceptors (Lipinski definition) is 3. The zero-order valence-corrected chi connectivity index (χ0v) is 13.0. The Morgan fingerprint density at radius 3 is 2.57 bits per heavy atom. The molecule has 0 atom stereocenters. The molecule has 0 aromatic heterocycles. The molecule has 2 rings (SSSR count). The Hall–Kier alpha value is -0.980. The maximum Gasteiger partial charge on any atom is 0.240 e. The molecule has 1 fully saturated rings. The predicted octanol–water partition coefficient (Wildman–Crippen LogP) is 2.36. The van der Waals surface area contributed by atoms with Crippen molar-refractivity contribution in [1.82, 2.24) is 4.72 Å².